The Kier molecular flexibility index (Phi) is 8.32. The van der Waals surface area contributed by atoms with Gasteiger partial charge >= 0.3 is 12.1 Å². The summed E-state index contributed by atoms with van der Waals surface area (Å²) in [6.45, 7) is 3.99. The van der Waals surface area contributed by atoms with Crippen molar-refractivity contribution in [2.45, 2.75) is 43.4 Å². The zero-order chi connectivity index (χ0) is 24.7. The number of nitrogens with one attached hydrogen (secondary N) is 1. The summed E-state index contributed by atoms with van der Waals surface area (Å²) in [6.07, 6.45) is -4.52. The summed E-state index contributed by atoms with van der Waals surface area (Å²) in [5, 5.41) is 10.7. The molecular formula is C23H23F3N4O3S. The Hall–Kier alpha value is -3.34. The van der Waals surface area contributed by atoms with Crippen molar-refractivity contribution in [1.82, 2.24) is 14.8 Å². The van der Waals surface area contributed by atoms with Gasteiger partial charge in [0.05, 0.1) is 24.0 Å². The maximum Gasteiger partial charge on any atom is 0.416 e. The van der Waals surface area contributed by atoms with Gasteiger partial charge in [0.25, 0.3) is 0 Å². The summed E-state index contributed by atoms with van der Waals surface area (Å²) >= 11 is 1.13. The van der Waals surface area contributed by atoms with E-state index >= 15 is 0 Å². The SMILES string of the molecule is CCOC(=O)Cc1nnc(S[C@H](C)C(=O)Nc2ccc(C(F)(F)F)cc2)n1Cc1ccccc1. The number of thioether (sulfide) groups is 1. The molecule has 0 aliphatic heterocycles. The van der Waals surface area contributed by atoms with Gasteiger partial charge in [0, 0.05) is 5.69 Å². The van der Waals surface area contributed by atoms with E-state index in [0.29, 0.717) is 17.5 Å². The van der Waals surface area contributed by atoms with Gasteiger partial charge in [0.2, 0.25) is 5.91 Å². The number of halogens is 3. The second-order valence-electron chi connectivity index (χ2n) is 7.28. The second-order valence-corrected chi connectivity index (χ2v) is 8.58. The minimum absolute atomic E-state index is 0.0691. The molecule has 0 saturated carbocycles. The molecule has 7 nitrogen and oxygen atoms in total. The molecule has 1 heterocycles. The van der Waals surface area contributed by atoms with E-state index in [0.717, 1.165) is 29.5 Å². The summed E-state index contributed by atoms with van der Waals surface area (Å²) in [5.41, 5.74) is 0.409. The van der Waals surface area contributed by atoms with E-state index in [9.17, 15) is 22.8 Å². The highest BCUT2D eigenvalue weighted by Gasteiger charge is 2.30. The number of esters is 1. The molecule has 0 bridgehead atoms. The minimum Gasteiger partial charge on any atom is -0.466 e. The van der Waals surface area contributed by atoms with Crippen LogP contribution in [0.4, 0.5) is 18.9 Å². The maximum atomic E-state index is 12.7. The maximum absolute atomic E-state index is 12.7. The predicted molar refractivity (Wildman–Crippen MR) is 121 cm³/mol. The third-order valence-electron chi connectivity index (χ3n) is 4.72. The smallest absolute Gasteiger partial charge is 0.416 e. The molecule has 1 aromatic heterocycles. The average molecular weight is 493 g/mol. The van der Waals surface area contributed by atoms with Crippen LogP contribution in [-0.4, -0.2) is 38.5 Å². The molecule has 3 aromatic rings. The van der Waals surface area contributed by atoms with Crippen molar-refractivity contribution < 1.29 is 27.5 Å². The Bertz CT molecular complexity index is 1120. The molecule has 2 aromatic carbocycles. The third kappa shape index (κ3) is 6.83. The van der Waals surface area contributed by atoms with Crippen LogP contribution in [0, 0.1) is 0 Å². The normalized spacial score (nSPS) is 12.3. The first kappa shape index (κ1) is 25.3. The molecule has 0 spiro atoms. The van der Waals surface area contributed by atoms with E-state index in [2.05, 4.69) is 15.5 Å². The van der Waals surface area contributed by atoms with Gasteiger partial charge in [-0.05, 0) is 43.7 Å². The first-order valence-electron chi connectivity index (χ1n) is 10.4. The Morgan fingerprint density at radius 2 is 1.76 bits per heavy atom. The number of nitrogens with zero attached hydrogens (tertiary/aromatic N) is 3. The molecule has 34 heavy (non-hydrogen) atoms. The van der Waals surface area contributed by atoms with Crippen LogP contribution in [-0.2, 0) is 33.5 Å². The lowest BCUT2D eigenvalue weighted by molar-refractivity contribution is -0.142. The highest BCUT2D eigenvalue weighted by Crippen LogP contribution is 2.30. The number of alkyl halides is 3. The van der Waals surface area contributed by atoms with Crippen LogP contribution < -0.4 is 5.32 Å². The largest absolute Gasteiger partial charge is 0.466 e. The van der Waals surface area contributed by atoms with Gasteiger partial charge in [-0.2, -0.15) is 13.2 Å². The van der Waals surface area contributed by atoms with E-state index in [-0.39, 0.29) is 18.7 Å². The summed E-state index contributed by atoms with van der Waals surface area (Å²) in [7, 11) is 0. The molecule has 1 amide bonds. The van der Waals surface area contributed by atoms with Crippen LogP contribution in [0.2, 0.25) is 0 Å². The second kappa shape index (κ2) is 11.2. The summed E-state index contributed by atoms with van der Waals surface area (Å²) in [4.78, 5) is 24.7. The van der Waals surface area contributed by atoms with Crippen molar-refractivity contribution in [2.24, 2.45) is 0 Å². The molecule has 0 fully saturated rings. The third-order valence-corrected chi connectivity index (χ3v) is 5.80. The number of aromatic nitrogens is 3. The van der Waals surface area contributed by atoms with Gasteiger partial charge in [0.15, 0.2) is 5.16 Å². The van der Waals surface area contributed by atoms with Gasteiger partial charge in [0.1, 0.15) is 12.2 Å². The highest BCUT2D eigenvalue weighted by molar-refractivity contribution is 8.00. The molecule has 1 atom stereocenters. The number of amides is 1. The van der Waals surface area contributed by atoms with Crippen molar-refractivity contribution in [1.29, 1.82) is 0 Å². The van der Waals surface area contributed by atoms with Crippen molar-refractivity contribution in [3.05, 3.63) is 71.5 Å². The van der Waals surface area contributed by atoms with Crippen molar-refractivity contribution in [3.8, 4) is 0 Å². The number of hydrogen-bond acceptors (Lipinski definition) is 6. The van der Waals surface area contributed by atoms with Crippen molar-refractivity contribution in [2.75, 3.05) is 11.9 Å². The Morgan fingerprint density at radius 1 is 1.09 bits per heavy atom. The zero-order valence-electron chi connectivity index (χ0n) is 18.5. The highest BCUT2D eigenvalue weighted by atomic mass is 32.2. The number of rotatable bonds is 9. The van der Waals surface area contributed by atoms with E-state index in [1.54, 1.807) is 18.4 Å². The van der Waals surface area contributed by atoms with Crippen LogP contribution in [0.15, 0.2) is 59.8 Å². The van der Waals surface area contributed by atoms with Gasteiger partial charge < -0.3 is 14.6 Å². The fourth-order valence-corrected chi connectivity index (χ4v) is 3.87. The topological polar surface area (TPSA) is 86.1 Å². The van der Waals surface area contributed by atoms with Gasteiger partial charge in [-0.15, -0.1) is 10.2 Å². The van der Waals surface area contributed by atoms with Gasteiger partial charge in [-0.3, -0.25) is 9.59 Å². The lowest BCUT2D eigenvalue weighted by Gasteiger charge is -2.14. The number of carbonyl (C=O) groups excluding carboxylic acids is 2. The monoisotopic (exact) mass is 492 g/mol. The number of benzene rings is 2. The number of ether oxygens (including phenoxy) is 1. The molecule has 0 aliphatic rings. The lowest BCUT2D eigenvalue weighted by atomic mass is 10.2. The molecule has 0 aliphatic carbocycles. The van der Waals surface area contributed by atoms with Crippen LogP contribution in [0.5, 0.6) is 0 Å². The summed E-state index contributed by atoms with van der Waals surface area (Å²) in [6, 6.07) is 13.7. The fourth-order valence-electron chi connectivity index (χ4n) is 3.00. The van der Waals surface area contributed by atoms with Crippen LogP contribution in [0.3, 0.4) is 0 Å². The van der Waals surface area contributed by atoms with Crippen LogP contribution in [0.1, 0.15) is 30.8 Å². The van der Waals surface area contributed by atoms with Crippen molar-refractivity contribution in [3.63, 3.8) is 0 Å². The first-order chi connectivity index (χ1) is 16.2. The fraction of sp³-hybridized carbons (Fsp3) is 0.304. The quantitative estimate of drug-likeness (QED) is 0.348. The van der Waals surface area contributed by atoms with Gasteiger partial charge in [-0.25, -0.2) is 0 Å². The predicted octanol–water partition coefficient (Wildman–Crippen LogP) is 4.57. The lowest BCUT2D eigenvalue weighted by Crippen LogP contribution is -2.23. The van der Waals surface area contributed by atoms with Crippen molar-refractivity contribution >= 4 is 29.3 Å². The van der Waals surface area contributed by atoms with E-state index in [4.69, 9.17) is 4.74 Å². The molecule has 11 heteroatoms. The van der Waals surface area contributed by atoms with E-state index in [1.807, 2.05) is 30.3 Å². The molecule has 1 N–H and O–H groups in total. The molecule has 0 radical (unpaired) electrons. The first-order valence-corrected chi connectivity index (χ1v) is 11.3. The van der Waals surface area contributed by atoms with Crippen LogP contribution in [0.25, 0.3) is 0 Å². The standard InChI is InChI=1S/C23H23F3N4O3S/c1-3-33-20(31)13-19-28-29-22(30(19)14-16-7-5-4-6-8-16)34-15(2)21(32)27-18-11-9-17(10-12-18)23(24,25)26/h4-12,15H,3,13-14H2,1-2H3,(H,27,32)/t15-/m1/s1. The van der Waals surface area contributed by atoms with Gasteiger partial charge in [-0.1, -0.05) is 42.1 Å². The van der Waals surface area contributed by atoms with Crippen LogP contribution >= 0.6 is 11.8 Å². The molecule has 180 valence electrons. The Morgan fingerprint density at radius 3 is 2.38 bits per heavy atom. The summed E-state index contributed by atoms with van der Waals surface area (Å²) in [5.74, 6) is -0.444. The molecular weight excluding hydrogens is 469 g/mol. The van der Waals surface area contributed by atoms with E-state index in [1.165, 1.54) is 12.1 Å². The Balaban J connectivity index is 1.74. The molecule has 3 rings (SSSR count). The number of hydrogen-bond donors (Lipinski definition) is 1. The minimum atomic E-state index is -4.45. The average Bonchev–Trinajstić information content (AvgIpc) is 3.15. The zero-order valence-corrected chi connectivity index (χ0v) is 19.3. The number of carbonyl (C=O) groups is 2. The molecule has 0 unspecified atom stereocenters. The Labute approximate surface area is 198 Å². The number of anilines is 1. The van der Waals surface area contributed by atoms with E-state index < -0.39 is 28.9 Å². The molecule has 0 saturated heterocycles. The summed E-state index contributed by atoms with van der Waals surface area (Å²) < 4.78 is 45.0.